The Hall–Kier alpha value is -2.83. The smallest absolute Gasteiger partial charge is 0.335 e. The first kappa shape index (κ1) is 22.0. The Labute approximate surface area is 201 Å². The summed E-state index contributed by atoms with van der Waals surface area (Å²) in [5, 5.41) is 10.1. The van der Waals surface area contributed by atoms with Crippen LogP contribution in [0.4, 0.5) is 0 Å². The number of aromatic nitrogens is 2. The maximum atomic E-state index is 13.2. The molecular formula is C25H23Cl2N3O3. The van der Waals surface area contributed by atoms with E-state index >= 15 is 0 Å². The fourth-order valence-corrected chi connectivity index (χ4v) is 5.62. The number of carboxylic acids is 1. The molecule has 1 saturated heterocycles. The number of aromatic carboxylic acids is 1. The second-order valence-electron chi connectivity index (χ2n) is 8.75. The average molecular weight is 484 g/mol. The summed E-state index contributed by atoms with van der Waals surface area (Å²) in [5.41, 5.74) is 4.89. The molecule has 6 nitrogen and oxygen atoms in total. The molecule has 2 aromatic carbocycles. The number of amides is 1. The van der Waals surface area contributed by atoms with Crippen molar-refractivity contribution in [1.29, 1.82) is 0 Å². The van der Waals surface area contributed by atoms with Gasteiger partial charge in [0.1, 0.15) is 0 Å². The van der Waals surface area contributed by atoms with Crippen molar-refractivity contribution in [2.45, 2.75) is 38.1 Å². The summed E-state index contributed by atoms with van der Waals surface area (Å²) in [7, 11) is 0. The molecular weight excluding hydrogens is 461 g/mol. The number of hydrogen-bond donors (Lipinski definition) is 2. The molecule has 2 aliphatic rings. The molecule has 2 N–H and O–H groups in total. The van der Waals surface area contributed by atoms with Crippen LogP contribution in [0.3, 0.4) is 0 Å². The molecule has 2 atom stereocenters. The van der Waals surface area contributed by atoms with Gasteiger partial charge in [-0.05, 0) is 66.6 Å². The molecule has 170 valence electrons. The van der Waals surface area contributed by atoms with Crippen LogP contribution in [-0.2, 0) is 24.1 Å². The third kappa shape index (κ3) is 4.25. The topological polar surface area (TPSA) is 86.3 Å². The van der Waals surface area contributed by atoms with Gasteiger partial charge in [0, 0.05) is 40.7 Å². The molecule has 1 aliphatic heterocycles. The molecule has 0 bridgehead atoms. The zero-order valence-corrected chi connectivity index (χ0v) is 19.4. The highest BCUT2D eigenvalue weighted by Crippen LogP contribution is 2.36. The molecule has 8 heteroatoms. The molecule has 0 saturated carbocycles. The minimum Gasteiger partial charge on any atom is -0.478 e. The first-order valence-electron chi connectivity index (χ1n) is 11.0. The molecule has 3 aromatic rings. The summed E-state index contributed by atoms with van der Waals surface area (Å²) in [6.07, 6.45) is 5.68. The van der Waals surface area contributed by atoms with E-state index in [2.05, 4.69) is 9.97 Å². The van der Waals surface area contributed by atoms with Gasteiger partial charge in [-0.3, -0.25) is 4.79 Å². The van der Waals surface area contributed by atoms with Gasteiger partial charge in [0.05, 0.1) is 17.6 Å². The van der Waals surface area contributed by atoms with Crippen LogP contribution in [-0.4, -0.2) is 44.4 Å². The maximum absolute atomic E-state index is 13.2. The number of aromatic amines is 1. The number of H-pyrrole nitrogens is 1. The van der Waals surface area contributed by atoms with Crippen molar-refractivity contribution in [2.75, 3.05) is 6.54 Å². The van der Waals surface area contributed by atoms with E-state index in [9.17, 15) is 9.59 Å². The monoisotopic (exact) mass is 483 g/mol. The van der Waals surface area contributed by atoms with E-state index in [4.69, 9.17) is 28.3 Å². The molecule has 5 rings (SSSR count). The number of imidazole rings is 1. The molecule has 1 aromatic heterocycles. The summed E-state index contributed by atoms with van der Waals surface area (Å²) >= 11 is 13.2. The van der Waals surface area contributed by atoms with Crippen molar-refractivity contribution in [3.05, 3.63) is 75.3 Å². The molecule has 1 amide bonds. The van der Waals surface area contributed by atoms with Crippen molar-refractivity contribution >= 4 is 35.1 Å². The Bertz CT molecular complexity index is 1200. The number of fused-ring (bicyclic) bond motifs is 1. The Morgan fingerprint density at radius 3 is 2.55 bits per heavy atom. The SMILES string of the molecule is O=C(O)c1ccc(-c2cc(Cl)c(CC3CCN(C4CCc5nc[nH]c5C4)C3=O)c(Cl)c2)cc1. The lowest BCUT2D eigenvalue weighted by atomic mass is 9.94. The minimum atomic E-state index is -0.971. The molecule has 33 heavy (non-hydrogen) atoms. The fraction of sp³-hybridized carbons (Fsp3) is 0.320. The Morgan fingerprint density at radius 2 is 1.85 bits per heavy atom. The molecule has 0 spiro atoms. The number of nitrogens with zero attached hydrogens (tertiary/aromatic N) is 2. The van der Waals surface area contributed by atoms with E-state index in [-0.39, 0.29) is 23.4 Å². The van der Waals surface area contributed by atoms with Crippen molar-refractivity contribution < 1.29 is 14.7 Å². The van der Waals surface area contributed by atoms with E-state index in [1.807, 2.05) is 17.0 Å². The number of hydrogen-bond acceptors (Lipinski definition) is 3. The van der Waals surface area contributed by atoms with Crippen LogP contribution in [0.25, 0.3) is 11.1 Å². The third-order valence-electron chi connectivity index (χ3n) is 6.81. The van der Waals surface area contributed by atoms with Crippen molar-refractivity contribution in [1.82, 2.24) is 14.9 Å². The maximum Gasteiger partial charge on any atom is 0.335 e. The van der Waals surface area contributed by atoms with Gasteiger partial charge in [-0.15, -0.1) is 0 Å². The largest absolute Gasteiger partial charge is 0.478 e. The number of carboxylic acid groups (broad SMARTS) is 1. The van der Waals surface area contributed by atoms with E-state index in [1.54, 1.807) is 30.6 Å². The average Bonchev–Trinajstić information content (AvgIpc) is 3.42. The summed E-state index contributed by atoms with van der Waals surface area (Å²) in [6, 6.07) is 10.4. The lowest BCUT2D eigenvalue weighted by Crippen LogP contribution is -2.41. The van der Waals surface area contributed by atoms with Gasteiger partial charge in [-0.25, -0.2) is 9.78 Å². The highest BCUT2D eigenvalue weighted by Gasteiger charge is 2.38. The molecule has 0 radical (unpaired) electrons. The lowest BCUT2D eigenvalue weighted by Gasteiger charge is -2.31. The van der Waals surface area contributed by atoms with Gasteiger partial charge in [0.25, 0.3) is 0 Å². The van der Waals surface area contributed by atoms with E-state index in [0.717, 1.165) is 60.3 Å². The summed E-state index contributed by atoms with van der Waals surface area (Å²) in [5.74, 6) is -0.936. The van der Waals surface area contributed by atoms with Crippen LogP contribution in [0.5, 0.6) is 0 Å². The molecule has 1 aliphatic carbocycles. The van der Waals surface area contributed by atoms with Gasteiger partial charge in [0.15, 0.2) is 0 Å². The molecule has 2 heterocycles. The summed E-state index contributed by atoms with van der Waals surface area (Å²) in [4.78, 5) is 33.9. The number of carbonyl (C=O) groups excluding carboxylic acids is 1. The number of rotatable bonds is 5. The fourth-order valence-electron chi connectivity index (χ4n) is 4.98. The summed E-state index contributed by atoms with van der Waals surface area (Å²) < 4.78 is 0. The Balaban J connectivity index is 1.30. The van der Waals surface area contributed by atoms with E-state index in [1.165, 1.54) is 0 Å². The number of halogens is 2. The quantitative estimate of drug-likeness (QED) is 0.532. The number of nitrogens with one attached hydrogen (secondary N) is 1. The van der Waals surface area contributed by atoms with Gasteiger partial charge in [-0.1, -0.05) is 35.3 Å². The van der Waals surface area contributed by atoms with Crippen LogP contribution in [0.15, 0.2) is 42.7 Å². The highest BCUT2D eigenvalue weighted by molar-refractivity contribution is 6.36. The normalized spacial score (nSPS) is 20.2. The van der Waals surface area contributed by atoms with Crippen molar-refractivity contribution in [2.24, 2.45) is 5.92 Å². The number of aryl methyl sites for hydroxylation is 1. The summed E-state index contributed by atoms with van der Waals surface area (Å²) in [6.45, 7) is 0.751. The second-order valence-corrected chi connectivity index (χ2v) is 9.56. The third-order valence-corrected chi connectivity index (χ3v) is 7.48. The van der Waals surface area contributed by atoms with Crippen molar-refractivity contribution in [3.8, 4) is 11.1 Å². The first-order chi connectivity index (χ1) is 15.9. The van der Waals surface area contributed by atoms with Crippen LogP contribution in [0.2, 0.25) is 10.0 Å². The number of carbonyl (C=O) groups is 2. The minimum absolute atomic E-state index is 0.135. The van der Waals surface area contributed by atoms with Crippen LogP contribution in [0.1, 0.15) is 40.2 Å². The molecule has 1 fully saturated rings. The van der Waals surface area contributed by atoms with Crippen LogP contribution < -0.4 is 0 Å². The van der Waals surface area contributed by atoms with Gasteiger partial charge >= 0.3 is 5.97 Å². The standard InChI is InChI=1S/C25H23Cl2N3O3/c26-20-10-17(14-1-3-15(4-2-14)25(32)33)11-21(27)19(20)9-16-7-8-30(24(16)31)18-5-6-22-23(12-18)29-13-28-22/h1-4,10-11,13,16,18H,5-9,12H2,(H,28,29)(H,32,33). The predicted octanol–water partition coefficient (Wildman–Crippen LogP) is 5.03. The van der Waals surface area contributed by atoms with Gasteiger partial charge in [-0.2, -0.15) is 0 Å². The lowest BCUT2D eigenvalue weighted by molar-refractivity contribution is -0.133. The first-order valence-corrected chi connectivity index (χ1v) is 11.8. The van der Waals surface area contributed by atoms with Crippen LogP contribution >= 0.6 is 23.2 Å². The highest BCUT2D eigenvalue weighted by atomic mass is 35.5. The molecule has 2 unspecified atom stereocenters. The van der Waals surface area contributed by atoms with Crippen LogP contribution in [0, 0.1) is 5.92 Å². The van der Waals surface area contributed by atoms with Gasteiger partial charge < -0.3 is 15.0 Å². The number of likely N-dealkylation sites (tertiary alicyclic amines) is 1. The van der Waals surface area contributed by atoms with Gasteiger partial charge in [0.2, 0.25) is 5.91 Å². The predicted molar refractivity (Wildman–Crippen MR) is 127 cm³/mol. The van der Waals surface area contributed by atoms with E-state index in [0.29, 0.717) is 16.5 Å². The zero-order valence-electron chi connectivity index (χ0n) is 17.9. The number of benzene rings is 2. The van der Waals surface area contributed by atoms with Crippen molar-refractivity contribution in [3.63, 3.8) is 0 Å². The Morgan fingerprint density at radius 1 is 1.12 bits per heavy atom. The Kier molecular flexibility index (Phi) is 5.89. The second kappa shape index (κ2) is 8.84. The van der Waals surface area contributed by atoms with E-state index < -0.39 is 5.97 Å². The zero-order chi connectivity index (χ0) is 23.1.